The molecule has 0 aliphatic carbocycles. The van der Waals surface area contributed by atoms with Crippen LogP contribution in [0.2, 0.25) is 0 Å². The van der Waals surface area contributed by atoms with Gasteiger partial charge in [-0.3, -0.25) is 14.1 Å². The van der Waals surface area contributed by atoms with Crippen LogP contribution in [0.5, 0.6) is 0 Å². The average Bonchev–Trinajstić information content (AvgIpc) is 2.98. The predicted molar refractivity (Wildman–Crippen MR) is 172 cm³/mol. The maximum absolute atomic E-state index is 11.5. The molecule has 13 nitrogen and oxygen atoms in total. The largest absolute Gasteiger partial charge is 0.480 e. The van der Waals surface area contributed by atoms with Crippen LogP contribution >= 0.6 is 0 Å². The van der Waals surface area contributed by atoms with Crippen LogP contribution in [-0.2, 0) is 24.4 Å². The number of carbonyl (C=O) groups is 2. The zero-order chi connectivity index (χ0) is 33.7. The molecular formula is C30H64N2O11S. The van der Waals surface area contributed by atoms with Crippen LogP contribution in [0, 0.1) is 0 Å². The van der Waals surface area contributed by atoms with Crippen LogP contribution < -0.4 is 10.6 Å². The van der Waals surface area contributed by atoms with E-state index in [2.05, 4.69) is 17.6 Å². The number of rotatable bonds is 29. The van der Waals surface area contributed by atoms with Gasteiger partial charge in [-0.1, -0.05) is 103 Å². The molecule has 0 bridgehead atoms. The van der Waals surface area contributed by atoms with Gasteiger partial charge in [-0.05, 0) is 6.42 Å². The fourth-order valence-corrected chi connectivity index (χ4v) is 4.53. The molecule has 14 heteroatoms. The number of nitrogens with one attached hydrogen (secondary N) is 2. The molecule has 0 radical (unpaired) electrons. The van der Waals surface area contributed by atoms with E-state index in [0.717, 1.165) is 19.3 Å². The molecule has 266 valence electrons. The molecule has 0 aromatic rings. The standard InChI is InChI=1S/C22H42O7S.2C4H11NO2/c1-2-3-4-5-6-7-8-9-10-11-12-13-14-15-16-17-18-29-21(23)19-20(22(24)25)30(26,27)28;2*6-3-1-5-2-4-7/h20H,2-19H2,1H3,(H,24,25)(H,26,27,28);2*5-7H,1-4H2. The molecule has 1 atom stereocenters. The highest BCUT2D eigenvalue weighted by Crippen LogP contribution is 2.14. The second-order valence-corrected chi connectivity index (χ2v) is 12.1. The van der Waals surface area contributed by atoms with Crippen molar-refractivity contribution in [1.82, 2.24) is 10.6 Å². The fraction of sp³-hybridized carbons (Fsp3) is 0.933. The third-order valence-electron chi connectivity index (χ3n) is 6.40. The quantitative estimate of drug-likeness (QED) is 0.0329. The lowest BCUT2D eigenvalue weighted by atomic mass is 10.0. The summed E-state index contributed by atoms with van der Waals surface area (Å²) in [7, 11) is -4.82. The van der Waals surface area contributed by atoms with Crippen LogP contribution in [-0.4, -0.2) is 115 Å². The van der Waals surface area contributed by atoms with Crippen molar-refractivity contribution in [3.05, 3.63) is 0 Å². The molecule has 0 heterocycles. The topological polar surface area (TPSA) is 223 Å². The van der Waals surface area contributed by atoms with Crippen molar-refractivity contribution in [3.63, 3.8) is 0 Å². The molecule has 0 rings (SSSR count). The number of esters is 1. The lowest BCUT2D eigenvalue weighted by Gasteiger charge is -2.09. The molecule has 1 unspecified atom stereocenters. The number of aliphatic hydroxyl groups is 4. The van der Waals surface area contributed by atoms with Crippen molar-refractivity contribution in [1.29, 1.82) is 0 Å². The highest BCUT2D eigenvalue weighted by atomic mass is 32.2. The summed E-state index contributed by atoms with van der Waals surface area (Å²) in [5, 5.41) is 44.7. The number of aliphatic hydroxyl groups excluding tert-OH is 4. The summed E-state index contributed by atoms with van der Waals surface area (Å²) < 4.78 is 35.5. The Kier molecular flexibility index (Phi) is 40.4. The monoisotopic (exact) mass is 660 g/mol. The Balaban J connectivity index is -0.000000982. The van der Waals surface area contributed by atoms with Crippen LogP contribution in [0.3, 0.4) is 0 Å². The molecule has 0 fully saturated rings. The van der Waals surface area contributed by atoms with Gasteiger partial charge in [0.2, 0.25) is 0 Å². The first-order valence-electron chi connectivity index (χ1n) is 16.3. The SMILES string of the molecule is CCCCCCCCCCCCCCCCCCOC(=O)CC(C(=O)O)S(=O)(=O)O.OCCNCCO.OCCNCCO. The first-order chi connectivity index (χ1) is 21.1. The van der Waals surface area contributed by atoms with E-state index in [4.69, 9.17) is 34.8 Å². The Morgan fingerprint density at radius 1 is 0.614 bits per heavy atom. The summed E-state index contributed by atoms with van der Waals surface area (Å²) in [5.74, 6) is -2.70. The van der Waals surface area contributed by atoms with Crippen molar-refractivity contribution in [2.45, 2.75) is 121 Å². The molecule has 44 heavy (non-hydrogen) atoms. The van der Waals surface area contributed by atoms with Gasteiger partial charge in [0.15, 0.2) is 5.25 Å². The number of carboxylic acid groups (broad SMARTS) is 1. The molecule has 0 aliphatic rings. The van der Waals surface area contributed by atoms with Gasteiger partial charge < -0.3 is 40.9 Å². The van der Waals surface area contributed by atoms with Gasteiger partial charge in [0.1, 0.15) is 0 Å². The lowest BCUT2D eigenvalue weighted by molar-refractivity contribution is -0.147. The number of carboxylic acids is 1. The Morgan fingerprint density at radius 2 is 0.932 bits per heavy atom. The number of carbonyl (C=O) groups excluding carboxylic acids is 1. The van der Waals surface area contributed by atoms with Gasteiger partial charge >= 0.3 is 11.9 Å². The molecule has 0 aromatic carbocycles. The van der Waals surface area contributed by atoms with Crippen LogP contribution in [0.1, 0.15) is 116 Å². The van der Waals surface area contributed by atoms with E-state index in [1.54, 1.807) is 0 Å². The van der Waals surface area contributed by atoms with Gasteiger partial charge in [-0.2, -0.15) is 8.42 Å². The number of aliphatic carboxylic acids is 1. The maximum Gasteiger partial charge on any atom is 0.325 e. The normalized spacial score (nSPS) is 11.6. The molecule has 0 aliphatic heterocycles. The number of hydrogen-bond acceptors (Lipinski definition) is 11. The maximum atomic E-state index is 11.5. The molecule has 0 saturated heterocycles. The second-order valence-electron chi connectivity index (χ2n) is 10.5. The van der Waals surface area contributed by atoms with E-state index in [0.29, 0.717) is 32.6 Å². The third kappa shape index (κ3) is 40.6. The molecular weight excluding hydrogens is 596 g/mol. The Bertz CT molecular complexity index is 695. The molecule has 8 N–H and O–H groups in total. The van der Waals surface area contributed by atoms with E-state index in [1.165, 1.54) is 77.0 Å². The smallest absolute Gasteiger partial charge is 0.325 e. The molecule has 0 spiro atoms. The number of ether oxygens (including phenoxy) is 1. The minimum absolute atomic E-state index is 0.134. The average molecular weight is 661 g/mol. The van der Waals surface area contributed by atoms with Crippen LogP contribution in [0.4, 0.5) is 0 Å². The summed E-state index contributed by atoms with van der Waals surface area (Å²) in [5.41, 5.74) is 0. The first kappa shape index (κ1) is 47.0. The van der Waals surface area contributed by atoms with E-state index in [-0.39, 0.29) is 33.0 Å². The first-order valence-corrected chi connectivity index (χ1v) is 17.8. The van der Waals surface area contributed by atoms with Gasteiger partial charge in [0.25, 0.3) is 10.1 Å². The highest BCUT2D eigenvalue weighted by molar-refractivity contribution is 7.87. The van der Waals surface area contributed by atoms with E-state index < -0.39 is 33.7 Å². The zero-order valence-electron chi connectivity index (χ0n) is 27.1. The van der Waals surface area contributed by atoms with Crippen molar-refractivity contribution < 1.29 is 52.8 Å². The van der Waals surface area contributed by atoms with Gasteiger partial charge in [0.05, 0.1) is 39.5 Å². The Hall–Kier alpha value is -1.39. The Labute approximate surface area is 265 Å². The third-order valence-corrected chi connectivity index (χ3v) is 7.49. The second kappa shape index (κ2) is 37.8. The summed E-state index contributed by atoms with van der Waals surface area (Å²) in [6, 6.07) is 0. The van der Waals surface area contributed by atoms with Crippen LogP contribution in [0.15, 0.2) is 0 Å². The van der Waals surface area contributed by atoms with E-state index in [1.807, 2.05) is 0 Å². The Morgan fingerprint density at radius 3 is 1.20 bits per heavy atom. The van der Waals surface area contributed by atoms with Crippen LogP contribution in [0.25, 0.3) is 0 Å². The number of unbranched alkanes of at least 4 members (excludes halogenated alkanes) is 15. The highest BCUT2D eigenvalue weighted by Gasteiger charge is 2.33. The van der Waals surface area contributed by atoms with E-state index in [9.17, 15) is 18.0 Å². The van der Waals surface area contributed by atoms with Crippen molar-refractivity contribution in [2.75, 3.05) is 59.2 Å². The summed E-state index contributed by atoms with van der Waals surface area (Å²) in [4.78, 5) is 22.3. The molecule has 0 amide bonds. The minimum atomic E-state index is -4.82. The molecule has 0 saturated carbocycles. The van der Waals surface area contributed by atoms with Crippen molar-refractivity contribution in [2.24, 2.45) is 0 Å². The fourth-order valence-electron chi connectivity index (χ4n) is 3.93. The van der Waals surface area contributed by atoms with Crippen molar-refractivity contribution >= 4 is 22.1 Å². The summed E-state index contributed by atoms with van der Waals surface area (Å²) in [6.07, 6.45) is 18.9. The lowest BCUT2D eigenvalue weighted by Crippen LogP contribution is -2.32. The zero-order valence-corrected chi connectivity index (χ0v) is 27.9. The van der Waals surface area contributed by atoms with Crippen molar-refractivity contribution in [3.8, 4) is 0 Å². The van der Waals surface area contributed by atoms with Gasteiger partial charge in [-0.25, -0.2) is 0 Å². The minimum Gasteiger partial charge on any atom is -0.480 e. The number of hydrogen-bond donors (Lipinski definition) is 8. The van der Waals surface area contributed by atoms with Gasteiger partial charge in [0, 0.05) is 26.2 Å². The summed E-state index contributed by atoms with van der Waals surface area (Å²) >= 11 is 0. The molecule has 0 aromatic heterocycles. The van der Waals surface area contributed by atoms with Gasteiger partial charge in [-0.15, -0.1) is 0 Å². The predicted octanol–water partition coefficient (Wildman–Crippen LogP) is 2.64. The summed E-state index contributed by atoms with van der Waals surface area (Å²) in [6.45, 7) is 5.22. The van der Waals surface area contributed by atoms with E-state index >= 15 is 0 Å².